The molecule has 102 valence electrons. The largest absolute Gasteiger partial charge is 0.411 e. The van der Waals surface area contributed by atoms with E-state index in [0.717, 1.165) is 19.3 Å². The summed E-state index contributed by atoms with van der Waals surface area (Å²) in [6, 6.07) is -0.0191. The van der Waals surface area contributed by atoms with E-state index in [-0.39, 0.29) is 24.4 Å². The van der Waals surface area contributed by atoms with Gasteiger partial charge in [0.05, 0.1) is 5.92 Å². The predicted octanol–water partition coefficient (Wildman–Crippen LogP) is 1.74. The molecule has 1 aromatic heterocycles. The molecule has 1 aliphatic carbocycles. The van der Waals surface area contributed by atoms with Crippen molar-refractivity contribution in [1.29, 1.82) is 0 Å². The second kappa shape index (κ2) is 5.23. The lowest BCUT2D eigenvalue weighted by atomic mass is 10.1. The Hall–Kier alpha value is -1.15. The highest BCUT2D eigenvalue weighted by atomic mass is 19.4. The Balaban J connectivity index is 1.86. The molecule has 1 fully saturated rings. The second-order valence-corrected chi connectivity index (χ2v) is 4.36. The lowest BCUT2D eigenvalue weighted by Gasteiger charge is -2.08. The Labute approximate surface area is 101 Å². The SMILES string of the molecule is NC1CCCC1c1nc(COCC(F)(F)F)no1. The van der Waals surface area contributed by atoms with Crippen LogP contribution < -0.4 is 5.73 Å². The van der Waals surface area contributed by atoms with Crippen molar-refractivity contribution in [2.45, 2.75) is 44.0 Å². The Morgan fingerprint density at radius 2 is 2.17 bits per heavy atom. The first-order chi connectivity index (χ1) is 8.46. The highest BCUT2D eigenvalue weighted by Crippen LogP contribution is 2.32. The van der Waals surface area contributed by atoms with E-state index in [0.29, 0.717) is 5.89 Å². The number of halogens is 3. The van der Waals surface area contributed by atoms with Crippen molar-refractivity contribution >= 4 is 0 Å². The molecule has 8 heteroatoms. The average Bonchev–Trinajstić information content (AvgIpc) is 2.84. The van der Waals surface area contributed by atoms with Crippen molar-refractivity contribution < 1.29 is 22.4 Å². The molecule has 0 spiro atoms. The van der Waals surface area contributed by atoms with Crippen LogP contribution >= 0.6 is 0 Å². The van der Waals surface area contributed by atoms with Gasteiger partial charge in [0, 0.05) is 6.04 Å². The van der Waals surface area contributed by atoms with Gasteiger partial charge < -0.3 is 15.0 Å². The zero-order chi connectivity index (χ0) is 13.2. The smallest absolute Gasteiger partial charge is 0.364 e. The third kappa shape index (κ3) is 3.42. The van der Waals surface area contributed by atoms with Crippen molar-refractivity contribution in [2.24, 2.45) is 5.73 Å². The zero-order valence-corrected chi connectivity index (χ0v) is 9.61. The van der Waals surface area contributed by atoms with Crippen LogP contribution in [-0.2, 0) is 11.3 Å². The van der Waals surface area contributed by atoms with Gasteiger partial charge in [-0.25, -0.2) is 0 Å². The molecule has 1 saturated carbocycles. The van der Waals surface area contributed by atoms with Gasteiger partial charge in [0.1, 0.15) is 13.2 Å². The standard InChI is InChI=1S/C10H14F3N3O2/c11-10(12,13)5-17-4-8-15-9(18-16-8)6-2-1-3-7(6)14/h6-7H,1-5,14H2. The summed E-state index contributed by atoms with van der Waals surface area (Å²) in [4.78, 5) is 4.01. The van der Waals surface area contributed by atoms with Gasteiger partial charge in [-0.2, -0.15) is 18.2 Å². The maximum Gasteiger partial charge on any atom is 0.411 e. The normalized spacial score (nSPS) is 24.7. The van der Waals surface area contributed by atoms with E-state index in [1.807, 2.05) is 0 Å². The maximum absolute atomic E-state index is 11.9. The monoisotopic (exact) mass is 265 g/mol. The first-order valence-electron chi connectivity index (χ1n) is 5.68. The van der Waals surface area contributed by atoms with Crippen LogP contribution in [0.1, 0.15) is 36.9 Å². The molecule has 2 rings (SSSR count). The molecule has 0 aliphatic heterocycles. The van der Waals surface area contributed by atoms with Crippen LogP contribution in [-0.4, -0.2) is 29.0 Å². The predicted molar refractivity (Wildman–Crippen MR) is 54.6 cm³/mol. The average molecular weight is 265 g/mol. The van der Waals surface area contributed by atoms with E-state index in [1.54, 1.807) is 0 Å². The fourth-order valence-electron chi connectivity index (χ4n) is 2.03. The molecule has 2 unspecified atom stereocenters. The Bertz CT molecular complexity index is 394. The minimum Gasteiger partial charge on any atom is -0.364 e. The molecule has 0 amide bonds. The van der Waals surface area contributed by atoms with Gasteiger partial charge in [0.15, 0.2) is 5.82 Å². The molecule has 1 aromatic rings. The number of nitrogens with two attached hydrogens (primary N) is 1. The summed E-state index contributed by atoms with van der Waals surface area (Å²) < 4.78 is 45.0. The minimum atomic E-state index is -4.35. The third-order valence-electron chi connectivity index (χ3n) is 2.87. The molecule has 2 N–H and O–H groups in total. The van der Waals surface area contributed by atoms with Crippen LogP contribution in [0.5, 0.6) is 0 Å². The van der Waals surface area contributed by atoms with Gasteiger partial charge in [-0.1, -0.05) is 11.6 Å². The highest BCUT2D eigenvalue weighted by Gasteiger charge is 2.31. The molecule has 0 saturated heterocycles. The van der Waals surface area contributed by atoms with Crippen LogP contribution in [0, 0.1) is 0 Å². The quantitative estimate of drug-likeness (QED) is 0.897. The lowest BCUT2D eigenvalue weighted by molar-refractivity contribution is -0.177. The first kappa shape index (κ1) is 13.3. The summed E-state index contributed by atoms with van der Waals surface area (Å²) in [6.45, 7) is -1.63. The number of rotatable bonds is 4. The lowest BCUT2D eigenvalue weighted by Crippen LogP contribution is -2.23. The van der Waals surface area contributed by atoms with Gasteiger partial charge in [-0.05, 0) is 12.8 Å². The number of alkyl halides is 3. The summed E-state index contributed by atoms with van der Waals surface area (Å²) in [5.41, 5.74) is 5.87. The molecule has 1 aliphatic rings. The number of hydrogen-bond acceptors (Lipinski definition) is 5. The highest BCUT2D eigenvalue weighted by molar-refractivity contribution is 5.01. The molecule has 0 bridgehead atoms. The van der Waals surface area contributed by atoms with E-state index in [4.69, 9.17) is 10.3 Å². The summed E-state index contributed by atoms with van der Waals surface area (Å²) in [5, 5.41) is 3.58. The molecule has 1 heterocycles. The van der Waals surface area contributed by atoms with Crippen LogP contribution in [0.25, 0.3) is 0 Å². The minimum absolute atomic E-state index is 0.00821. The van der Waals surface area contributed by atoms with Gasteiger partial charge in [-0.3, -0.25) is 0 Å². The van der Waals surface area contributed by atoms with E-state index >= 15 is 0 Å². The van der Waals surface area contributed by atoms with Crippen LogP contribution in [0.4, 0.5) is 13.2 Å². The van der Waals surface area contributed by atoms with Crippen molar-refractivity contribution in [3.63, 3.8) is 0 Å². The number of ether oxygens (including phenoxy) is 1. The van der Waals surface area contributed by atoms with E-state index < -0.39 is 12.8 Å². The van der Waals surface area contributed by atoms with Crippen LogP contribution in [0.2, 0.25) is 0 Å². The van der Waals surface area contributed by atoms with Crippen LogP contribution in [0.3, 0.4) is 0 Å². The Morgan fingerprint density at radius 1 is 1.39 bits per heavy atom. The number of hydrogen-bond donors (Lipinski definition) is 1. The van der Waals surface area contributed by atoms with Crippen LogP contribution in [0.15, 0.2) is 4.52 Å². The molecule has 0 radical (unpaired) electrons. The zero-order valence-electron chi connectivity index (χ0n) is 9.61. The molecule has 2 atom stereocenters. The van der Waals surface area contributed by atoms with Gasteiger partial charge in [-0.15, -0.1) is 0 Å². The summed E-state index contributed by atoms with van der Waals surface area (Å²) in [6.07, 6.45) is -1.59. The summed E-state index contributed by atoms with van der Waals surface area (Å²) in [5.74, 6) is 0.521. The molecular weight excluding hydrogens is 251 g/mol. The molecule has 5 nitrogen and oxygen atoms in total. The third-order valence-corrected chi connectivity index (χ3v) is 2.87. The van der Waals surface area contributed by atoms with E-state index in [1.165, 1.54) is 0 Å². The Morgan fingerprint density at radius 3 is 2.78 bits per heavy atom. The van der Waals surface area contributed by atoms with Gasteiger partial charge >= 0.3 is 6.18 Å². The first-order valence-corrected chi connectivity index (χ1v) is 5.68. The van der Waals surface area contributed by atoms with Crippen molar-refractivity contribution in [3.05, 3.63) is 11.7 Å². The van der Waals surface area contributed by atoms with E-state index in [9.17, 15) is 13.2 Å². The summed E-state index contributed by atoms with van der Waals surface area (Å²) in [7, 11) is 0. The van der Waals surface area contributed by atoms with E-state index in [2.05, 4.69) is 14.9 Å². The maximum atomic E-state index is 11.9. The second-order valence-electron chi connectivity index (χ2n) is 4.36. The van der Waals surface area contributed by atoms with Crippen molar-refractivity contribution in [2.75, 3.05) is 6.61 Å². The Kier molecular flexibility index (Phi) is 3.86. The number of aromatic nitrogens is 2. The van der Waals surface area contributed by atoms with Gasteiger partial charge in [0.25, 0.3) is 0 Å². The van der Waals surface area contributed by atoms with Gasteiger partial charge in [0.2, 0.25) is 5.89 Å². The van der Waals surface area contributed by atoms with Crippen molar-refractivity contribution in [3.8, 4) is 0 Å². The van der Waals surface area contributed by atoms with Crippen molar-refractivity contribution in [1.82, 2.24) is 10.1 Å². The molecule has 0 aromatic carbocycles. The fraction of sp³-hybridized carbons (Fsp3) is 0.800. The topological polar surface area (TPSA) is 74.2 Å². The number of nitrogens with zero attached hydrogens (tertiary/aromatic N) is 2. The summed E-state index contributed by atoms with van der Waals surface area (Å²) >= 11 is 0. The fourth-order valence-corrected chi connectivity index (χ4v) is 2.03. The molecule has 18 heavy (non-hydrogen) atoms. The molecular formula is C10H14F3N3O2.